The van der Waals surface area contributed by atoms with Crippen molar-refractivity contribution in [3.05, 3.63) is 39.0 Å². The van der Waals surface area contributed by atoms with Crippen molar-refractivity contribution in [3.63, 3.8) is 0 Å². The second-order valence-corrected chi connectivity index (χ2v) is 4.25. The van der Waals surface area contributed by atoms with Gasteiger partial charge in [0.15, 0.2) is 0 Å². The molecule has 0 unspecified atom stereocenters. The molecular weight excluding hydrogens is 302 g/mol. The van der Waals surface area contributed by atoms with Crippen molar-refractivity contribution in [2.75, 3.05) is 12.3 Å². The molecule has 1 aromatic carbocycles. The third-order valence-corrected chi connectivity index (χ3v) is 2.84. The molecule has 2 N–H and O–H groups in total. The molecule has 0 radical (unpaired) electrons. The summed E-state index contributed by atoms with van der Waals surface area (Å²) in [5.41, 5.74) is 4.94. The molecule has 0 aliphatic heterocycles. The average molecular weight is 312 g/mol. The van der Waals surface area contributed by atoms with Gasteiger partial charge in [0.1, 0.15) is 5.56 Å². The van der Waals surface area contributed by atoms with Crippen molar-refractivity contribution in [2.45, 2.75) is 6.92 Å². The van der Waals surface area contributed by atoms with E-state index >= 15 is 0 Å². The van der Waals surface area contributed by atoms with Crippen molar-refractivity contribution in [1.82, 2.24) is 4.98 Å². The molecule has 0 spiro atoms. The Bertz CT molecular complexity index is 713. The van der Waals surface area contributed by atoms with Crippen molar-refractivity contribution in [3.8, 4) is 11.5 Å². The van der Waals surface area contributed by atoms with E-state index in [0.29, 0.717) is 0 Å². The van der Waals surface area contributed by atoms with Crippen LogP contribution in [-0.2, 0) is 4.74 Å². The first-order valence-corrected chi connectivity index (χ1v) is 6.20. The van der Waals surface area contributed by atoms with Crippen molar-refractivity contribution < 1.29 is 18.9 Å². The van der Waals surface area contributed by atoms with Crippen molar-refractivity contribution in [2.24, 2.45) is 0 Å². The van der Waals surface area contributed by atoms with Gasteiger partial charge in [-0.3, -0.25) is 10.1 Å². The zero-order valence-corrected chi connectivity index (χ0v) is 11.6. The van der Waals surface area contributed by atoms with Crippen LogP contribution in [0.3, 0.4) is 0 Å². The SMILES string of the molecule is CCOC(=O)c1nc(-c2c(Cl)cccc2[N+](=O)[O-])oc1N. The van der Waals surface area contributed by atoms with Gasteiger partial charge in [-0.25, -0.2) is 4.79 Å². The number of carbonyl (C=O) groups excluding carboxylic acids is 1. The first kappa shape index (κ1) is 14.8. The number of nitro benzene ring substituents is 1. The summed E-state index contributed by atoms with van der Waals surface area (Å²) >= 11 is 5.95. The van der Waals surface area contributed by atoms with Crippen LogP contribution in [-0.4, -0.2) is 22.5 Å². The van der Waals surface area contributed by atoms with E-state index in [4.69, 9.17) is 26.5 Å². The number of anilines is 1. The Morgan fingerprint density at radius 1 is 1.57 bits per heavy atom. The topological polar surface area (TPSA) is 121 Å². The summed E-state index contributed by atoms with van der Waals surface area (Å²) in [4.78, 5) is 25.9. The van der Waals surface area contributed by atoms with E-state index in [1.807, 2.05) is 0 Å². The molecule has 0 aliphatic rings. The molecule has 2 rings (SSSR count). The van der Waals surface area contributed by atoms with Crippen LogP contribution in [0, 0.1) is 10.1 Å². The molecule has 2 aromatic rings. The summed E-state index contributed by atoms with van der Waals surface area (Å²) < 4.78 is 9.87. The third kappa shape index (κ3) is 2.79. The number of hydrogen-bond donors (Lipinski definition) is 1. The quantitative estimate of drug-likeness (QED) is 0.523. The molecule has 110 valence electrons. The highest BCUT2D eigenvalue weighted by Crippen LogP contribution is 2.37. The number of benzene rings is 1. The second-order valence-electron chi connectivity index (χ2n) is 3.84. The summed E-state index contributed by atoms with van der Waals surface area (Å²) in [7, 11) is 0. The summed E-state index contributed by atoms with van der Waals surface area (Å²) in [5.74, 6) is -1.29. The highest BCUT2D eigenvalue weighted by atomic mass is 35.5. The number of aromatic nitrogens is 1. The first-order chi connectivity index (χ1) is 9.95. The minimum absolute atomic E-state index is 0.0496. The van der Waals surface area contributed by atoms with Gasteiger partial charge in [0, 0.05) is 6.07 Å². The first-order valence-electron chi connectivity index (χ1n) is 5.82. The fourth-order valence-electron chi connectivity index (χ4n) is 1.66. The zero-order valence-electron chi connectivity index (χ0n) is 10.8. The van der Waals surface area contributed by atoms with Gasteiger partial charge in [-0.2, -0.15) is 4.98 Å². The predicted molar refractivity (Wildman–Crippen MR) is 74.0 cm³/mol. The lowest BCUT2D eigenvalue weighted by Crippen LogP contribution is -2.07. The highest BCUT2D eigenvalue weighted by Gasteiger charge is 2.26. The van der Waals surface area contributed by atoms with Gasteiger partial charge >= 0.3 is 5.97 Å². The average Bonchev–Trinajstić information content (AvgIpc) is 2.80. The number of ether oxygens (including phenoxy) is 1. The molecule has 8 nitrogen and oxygen atoms in total. The van der Waals surface area contributed by atoms with Gasteiger partial charge in [-0.1, -0.05) is 17.7 Å². The molecule has 0 aliphatic carbocycles. The van der Waals surface area contributed by atoms with E-state index in [9.17, 15) is 14.9 Å². The Morgan fingerprint density at radius 3 is 2.90 bits per heavy atom. The smallest absolute Gasteiger partial charge is 0.362 e. The van der Waals surface area contributed by atoms with Crippen molar-refractivity contribution in [1.29, 1.82) is 0 Å². The zero-order chi connectivity index (χ0) is 15.6. The standard InChI is InChI=1S/C12H10ClN3O5/c1-2-20-12(17)9-10(14)21-11(15-9)8-6(13)4-3-5-7(8)16(18)19/h3-5H,2,14H2,1H3. The lowest BCUT2D eigenvalue weighted by Gasteiger charge is -2.00. The minimum Gasteiger partial charge on any atom is -0.461 e. The van der Waals surface area contributed by atoms with E-state index in [2.05, 4.69) is 4.98 Å². The normalized spacial score (nSPS) is 10.4. The summed E-state index contributed by atoms with van der Waals surface area (Å²) in [6, 6.07) is 4.10. The van der Waals surface area contributed by atoms with Crippen LogP contribution in [0.15, 0.2) is 22.6 Å². The molecule has 9 heteroatoms. The number of oxazole rings is 1. The molecule has 0 bridgehead atoms. The van der Waals surface area contributed by atoms with Crippen LogP contribution in [0.5, 0.6) is 0 Å². The van der Waals surface area contributed by atoms with E-state index in [1.165, 1.54) is 18.2 Å². The summed E-state index contributed by atoms with van der Waals surface area (Å²) in [6.07, 6.45) is 0. The summed E-state index contributed by atoms with van der Waals surface area (Å²) in [6.45, 7) is 1.75. The Hall–Kier alpha value is -2.61. The number of nitro groups is 1. The number of halogens is 1. The van der Waals surface area contributed by atoms with Gasteiger partial charge < -0.3 is 14.9 Å². The van der Waals surface area contributed by atoms with Gasteiger partial charge in [-0.05, 0) is 13.0 Å². The van der Waals surface area contributed by atoms with Crippen LogP contribution in [0.1, 0.15) is 17.4 Å². The van der Waals surface area contributed by atoms with Crippen molar-refractivity contribution >= 4 is 29.1 Å². The molecule has 1 aromatic heterocycles. The largest absolute Gasteiger partial charge is 0.461 e. The fourth-order valence-corrected chi connectivity index (χ4v) is 1.91. The molecule has 0 saturated heterocycles. The van der Waals surface area contributed by atoms with Crippen LogP contribution in [0.25, 0.3) is 11.5 Å². The predicted octanol–water partition coefficient (Wildman–Crippen LogP) is 2.66. The van der Waals surface area contributed by atoms with Crippen LogP contribution in [0.2, 0.25) is 5.02 Å². The van der Waals surface area contributed by atoms with Crippen LogP contribution >= 0.6 is 11.6 Å². The number of nitrogens with zero attached hydrogens (tertiary/aromatic N) is 2. The maximum Gasteiger partial charge on any atom is 0.362 e. The van der Waals surface area contributed by atoms with Gasteiger partial charge in [0.2, 0.25) is 17.5 Å². The molecule has 1 heterocycles. The van der Waals surface area contributed by atoms with E-state index in [1.54, 1.807) is 6.92 Å². The molecule has 0 saturated carbocycles. The number of rotatable bonds is 4. The Morgan fingerprint density at radius 2 is 2.29 bits per heavy atom. The Kier molecular flexibility index (Phi) is 4.08. The van der Waals surface area contributed by atoms with Gasteiger partial charge in [-0.15, -0.1) is 0 Å². The fraction of sp³-hybridized carbons (Fsp3) is 0.167. The summed E-state index contributed by atoms with van der Waals surface area (Å²) in [5, 5.41) is 11.1. The molecule has 21 heavy (non-hydrogen) atoms. The van der Waals surface area contributed by atoms with E-state index < -0.39 is 10.9 Å². The minimum atomic E-state index is -0.778. The third-order valence-electron chi connectivity index (χ3n) is 2.52. The van der Waals surface area contributed by atoms with Gasteiger partial charge in [0.25, 0.3) is 5.69 Å². The number of carbonyl (C=O) groups is 1. The molecular formula is C12H10ClN3O5. The number of nitrogen functional groups attached to an aromatic ring is 1. The van der Waals surface area contributed by atoms with Gasteiger partial charge in [0.05, 0.1) is 16.6 Å². The van der Waals surface area contributed by atoms with Crippen LogP contribution < -0.4 is 5.73 Å². The highest BCUT2D eigenvalue weighted by molar-refractivity contribution is 6.33. The number of esters is 1. The van der Waals surface area contributed by atoms with E-state index in [-0.39, 0.29) is 40.3 Å². The lowest BCUT2D eigenvalue weighted by atomic mass is 10.2. The number of hydrogen-bond acceptors (Lipinski definition) is 7. The Balaban J connectivity index is 2.56. The Labute approximate surface area is 123 Å². The van der Waals surface area contributed by atoms with E-state index in [0.717, 1.165) is 0 Å². The molecule has 0 fully saturated rings. The maximum absolute atomic E-state index is 11.6. The molecule has 0 atom stereocenters. The second kappa shape index (κ2) is 5.80. The monoisotopic (exact) mass is 311 g/mol. The lowest BCUT2D eigenvalue weighted by molar-refractivity contribution is -0.384. The molecule has 0 amide bonds. The van der Waals surface area contributed by atoms with Crippen LogP contribution in [0.4, 0.5) is 11.6 Å². The number of nitrogens with two attached hydrogens (primary N) is 1. The maximum atomic E-state index is 11.6.